The van der Waals surface area contributed by atoms with E-state index in [2.05, 4.69) is 0 Å². The molecule has 15 nitrogen and oxygen atoms in total. The quantitative estimate of drug-likeness (QED) is 0.0943. The molecule has 5 aromatic carbocycles. The molecule has 0 unspecified atom stereocenters. The van der Waals surface area contributed by atoms with E-state index in [0.717, 1.165) is 5.56 Å². The van der Waals surface area contributed by atoms with Gasteiger partial charge >= 0.3 is 23.9 Å². The molecule has 15 heteroatoms. The fourth-order valence-electron chi connectivity index (χ4n) is 7.73. The van der Waals surface area contributed by atoms with Gasteiger partial charge < -0.3 is 52.5 Å². The number of hydrogen-bond acceptors (Lipinski definition) is 15. The number of esters is 4. The molecule has 0 amide bonds. The first-order valence-corrected chi connectivity index (χ1v) is 21.1. The van der Waals surface area contributed by atoms with Gasteiger partial charge in [-0.05, 0) is 67.9 Å². The van der Waals surface area contributed by atoms with Gasteiger partial charge in [0.1, 0.15) is 49.8 Å². The number of carbonyl (C=O) groups excluding carboxylic acids is 4. The van der Waals surface area contributed by atoms with Crippen LogP contribution in [-0.2, 0) is 54.0 Å². The van der Waals surface area contributed by atoms with E-state index in [4.69, 9.17) is 47.4 Å². The summed E-state index contributed by atoms with van der Waals surface area (Å²) in [6.45, 7) is 2.45. The smallest absolute Gasteiger partial charge is 0.338 e. The Labute approximate surface area is 375 Å². The number of rotatable bonds is 15. The van der Waals surface area contributed by atoms with Crippen LogP contribution in [0.4, 0.5) is 0 Å². The molecule has 5 aromatic rings. The van der Waals surface area contributed by atoms with Crippen molar-refractivity contribution in [3.63, 3.8) is 0 Å². The van der Waals surface area contributed by atoms with Crippen LogP contribution in [0.25, 0.3) is 0 Å². The first-order chi connectivity index (χ1) is 31.5. The van der Waals surface area contributed by atoms with Crippen LogP contribution in [0.2, 0.25) is 0 Å². The van der Waals surface area contributed by atoms with Gasteiger partial charge in [0.15, 0.2) is 30.6 Å². The molecule has 65 heavy (non-hydrogen) atoms. The monoisotopic (exact) mass is 888 g/mol. The van der Waals surface area contributed by atoms with Crippen molar-refractivity contribution >= 4 is 23.9 Å². The van der Waals surface area contributed by atoms with Gasteiger partial charge in [0.2, 0.25) is 0 Å². The number of aliphatic hydroxyl groups is 1. The third kappa shape index (κ3) is 11.2. The van der Waals surface area contributed by atoms with Gasteiger partial charge in [0.05, 0.1) is 28.9 Å². The summed E-state index contributed by atoms with van der Waals surface area (Å²) < 4.78 is 62.2. The molecule has 0 aromatic heterocycles. The highest BCUT2D eigenvalue weighted by molar-refractivity contribution is 5.91. The van der Waals surface area contributed by atoms with Crippen molar-refractivity contribution < 1.29 is 71.7 Å². The van der Waals surface area contributed by atoms with E-state index in [1.807, 2.05) is 30.3 Å². The minimum Gasteiger partial charge on any atom is -0.459 e. The number of fused-ring (bicyclic) bond motifs is 1. The molecule has 8 rings (SSSR count). The normalized spacial score (nSPS) is 26.8. The second-order valence-corrected chi connectivity index (χ2v) is 15.9. The van der Waals surface area contributed by atoms with Gasteiger partial charge in [-0.2, -0.15) is 0 Å². The first-order valence-electron chi connectivity index (χ1n) is 21.1. The Balaban J connectivity index is 1.14. The predicted molar refractivity (Wildman–Crippen MR) is 228 cm³/mol. The zero-order valence-corrected chi connectivity index (χ0v) is 35.5. The largest absolute Gasteiger partial charge is 0.459 e. The van der Waals surface area contributed by atoms with Gasteiger partial charge in [0, 0.05) is 0 Å². The zero-order chi connectivity index (χ0) is 45.3. The van der Waals surface area contributed by atoms with E-state index in [-0.39, 0.29) is 29.9 Å². The van der Waals surface area contributed by atoms with Gasteiger partial charge in [0.25, 0.3) is 0 Å². The van der Waals surface area contributed by atoms with Crippen molar-refractivity contribution in [2.24, 2.45) is 0 Å². The fourth-order valence-corrected chi connectivity index (χ4v) is 7.73. The molecule has 3 aliphatic heterocycles. The molecule has 1 N–H and O–H groups in total. The lowest BCUT2D eigenvalue weighted by atomic mass is 9.96. The lowest BCUT2D eigenvalue weighted by Crippen LogP contribution is -2.65. The summed E-state index contributed by atoms with van der Waals surface area (Å²) >= 11 is 0. The summed E-state index contributed by atoms with van der Waals surface area (Å²) in [5.41, 5.74) is 1.68. The number of aliphatic hydroxyl groups excluding tert-OH is 1. The van der Waals surface area contributed by atoms with Crippen molar-refractivity contribution in [3.05, 3.63) is 179 Å². The molecule has 0 saturated carbocycles. The van der Waals surface area contributed by atoms with Gasteiger partial charge in [-0.25, -0.2) is 19.2 Å². The minimum atomic E-state index is -1.77. The molecule has 3 aliphatic rings. The van der Waals surface area contributed by atoms with Crippen LogP contribution in [0.1, 0.15) is 60.8 Å². The second kappa shape index (κ2) is 20.7. The van der Waals surface area contributed by atoms with Crippen LogP contribution in [0.3, 0.4) is 0 Å². The molecule has 3 heterocycles. The summed E-state index contributed by atoms with van der Waals surface area (Å²) in [6.07, 6.45) is -13.8. The Morgan fingerprint density at radius 2 is 0.923 bits per heavy atom. The average Bonchev–Trinajstić information content (AvgIpc) is 3.68. The molecular weight excluding hydrogens is 841 g/mol. The molecule has 0 spiro atoms. The van der Waals surface area contributed by atoms with Gasteiger partial charge in [-0.15, -0.1) is 0 Å². The van der Waals surface area contributed by atoms with Crippen molar-refractivity contribution in [1.82, 2.24) is 0 Å². The zero-order valence-electron chi connectivity index (χ0n) is 35.5. The van der Waals surface area contributed by atoms with Crippen molar-refractivity contribution in [3.8, 4) is 0 Å². The number of carbonyl (C=O) groups is 4. The highest BCUT2D eigenvalue weighted by Crippen LogP contribution is 2.41. The molecule has 0 radical (unpaired) electrons. The van der Waals surface area contributed by atoms with Gasteiger partial charge in [-0.3, -0.25) is 0 Å². The van der Waals surface area contributed by atoms with Crippen molar-refractivity contribution in [2.45, 2.75) is 87.7 Å². The highest BCUT2D eigenvalue weighted by atomic mass is 16.8. The molecule has 0 bridgehead atoms. The number of hydrogen-bond donors (Lipinski definition) is 1. The Morgan fingerprint density at radius 1 is 0.508 bits per heavy atom. The van der Waals surface area contributed by atoms with E-state index >= 15 is 0 Å². The summed E-state index contributed by atoms with van der Waals surface area (Å²) in [6, 6.07) is 42.1. The van der Waals surface area contributed by atoms with E-state index in [0.29, 0.717) is 5.56 Å². The third-order valence-electron chi connectivity index (χ3n) is 10.9. The maximum Gasteiger partial charge on any atom is 0.338 e. The van der Waals surface area contributed by atoms with Crippen LogP contribution in [0, 0.1) is 0 Å². The first kappa shape index (κ1) is 45.3. The lowest BCUT2D eigenvalue weighted by molar-refractivity contribution is -0.353. The maximum atomic E-state index is 13.8. The summed E-state index contributed by atoms with van der Waals surface area (Å²) in [5.74, 6) is -4.14. The Hall–Kier alpha value is -6.30. The van der Waals surface area contributed by atoms with Crippen LogP contribution in [-0.4, -0.2) is 109 Å². The number of benzene rings is 5. The average molecular weight is 889 g/mol. The van der Waals surface area contributed by atoms with Crippen molar-refractivity contribution in [2.75, 3.05) is 13.2 Å². The molecule has 3 saturated heterocycles. The standard InChI is InChI=1S/C50H48O15/c1-50(2)64-40-37(30-57-45(53)33-22-12-5-13-23-33)60-49(43(42(40)65-50)62-47(55)35-26-16-7-17-27-35)63-39-36(29-56-44(52)32-20-10-4-11-21-32)59-48(58-28-31-18-8-3-9-19-31)41(38(39)51)61-46(54)34-24-14-6-15-25-34/h3-27,36-43,48-49,51H,28-30H2,1-2H3/t36-,37-,38+,39-,40+,41-,42+,43-,48-,49+/m1/s1. The predicted octanol–water partition coefficient (Wildman–Crippen LogP) is 6.08. The second-order valence-electron chi connectivity index (χ2n) is 15.9. The fraction of sp³-hybridized carbons (Fsp3) is 0.320. The minimum absolute atomic E-state index is 0.0253. The summed E-state index contributed by atoms with van der Waals surface area (Å²) in [4.78, 5) is 54.1. The lowest BCUT2D eigenvalue weighted by Gasteiger charge is -2.47. The highest BCUT2D eigenvalue weighted by Gasteiger charge is 2.59. The van der Waals surface area contributed by atoms with Crippen molar-refractivity contribution in [1.29, 1.82) is 0 Å². The molecule has 338 valence electrons. The van der Waals surface area contributed by atoms with Gasteiger partial charge in [-0.1, -0.05) is 103 Å². The third-order valence-corrected chi connectivity index (χ3v) is 10.9. The summed E-state index contributed by atoms with van der Waals surface area (Å²) in [5, 5.41) is 12.5. The van der Waals surface area contributed by atoms with E-state index in [1.54, 1.807) is 135 Å². The molecular formula is C50H48O15. The Morgan fingerprint density at radius 3 is 1.43 bits per heavy atom. The number of ether oxygens (including phenoxy) is 10. The summed E-state index contributed by atoms with van der Waals surface area (Å²) in [7, 11) is 0. The van der Waals surface area contributed by atoms with Crippen LogP contribution in [0.5, 0.6) is 0 Å². The molecule has 0 aliphatic carbocycles. The van der Waals surface area contributed by atoms with Crippen LogP contribution >= 0.6 is 0 Å². The SMILES string of the molecule is CC1(C)O[C@H]2[C@@H](O1)[C@@H](COC(=O)c1ccccc1)O[C@@H](O[C@H]1[C@H](O)[C@@H](OC(=O)c3ccccc3)[C@H](OCc3ccccc3)O[C@@H]1COC(=O)c1ccccc1)[C@@H]2OC(=O)c1ccccc1. The Kier molecular flexibility index (Phi) is 14.4. The maximum absolute atomic E-state index is 13.8. The van der Waals surface area contributed by atoms with Crippen LogP contribution in [0.15, 0.2) is 152 Å². The Bertz CT molecular complexity index is 2350. The van der Waals surface area contributed by atoms with Crippen LogP contribution < -0.4 is 0 Å². The molecule has 3 fully saturated rings. The van der Waals surface area contributed by atoms with E-state index < -0.39 is 97.7 Å². The van der Waals surface area contributed by atoms with E-state index in [1.165, 1.54) is 0 Å². The topological polar surface area (TPSA) is 181 Å². The van der Waals surface area contributed by atoms with E-state index in [9.17, 15) is 24.3 Å². The molecule has 10 atom stereocenters.